The van der Waals surface area contributed by atoms with Crippen LogP contribution in [0.1, 0.15) is 5.56 Å². The zero-order chi connectivity index (χ0) is 19.6. The Balaban J connectivity index is 1.99. The van der Waals surface area contributed by atoms with Crippen LogP contribution in [0, 0.1) is 5.82 Å². The summed E-state index contributed by atoms with van der Waals surface area (Å²) in [5, 5.41) is 5.58. The molecule has 0 aliphatic rings. The molecule has 0 bridgehead atoms. The van der Waals surface area contributed by atoms with Gasteiger partial charge < -0.3 is 14.2 Å². The molecule has 9 heteroatoms. The van der Waals surface area contributed by atoms with Crippen molar-refractivity contribution in [3.63, 3.8) is 0 Å². The minimum atomic E-state index is -3.75. The summed E-state index contributed by atoms with van der Waals surface area (Å²) in [6.45, 7) is 0. The van der Waals surface area contributed by atoms with E-state index < -0.39 is 21.6 Å². The SMILES string of the molecule is COc1cc2nccc(Oc3ccc(CS(N)(=O)=O)cc3F)c2cc1OC. The smallest absolute Gasteiger partial charge is 0.213 e. The van der Waals surface area contributed by atoms with Crippen molar-refractivity contribution in [1.82, 2.24) is 4.98 Å². The second-order valence-electron chi connectivity index (χ2n) is 5.71. The van der Waals surface area contributed by atoms with Crippen LogP contribution in [0.25, 0.3) is 10.9 Å². The van der Waals surface area contributed by atoms with Gasteiger partial charge in [0.15, 0.2) is 23.1 Å². The van der Waals surface area contributed by atoms with E-state index in [1.807, 2.05) is 0 Å². The number of benzene rings is 2. The first kappa shape index (κ1) is 18.9. The van der Waals surface area contributed by atoms with Crippen molar-refractivity contribution in [3.05, 3.63) is 54.0 Å². The first-order valence-corrected chi connectivity index (χ1v) is 9.50. The maximum atomic E-state index is 14.4. The Morgan fingerprint density at radius 3 is 2.33 bits per heavy atom. The fourth-order valence-corrected chi connectivity index (χ4v) is 3.25. The van der Waals surface area contributed by atoms with Gasteiger partial charge in [-0.2, -0.15) is 0 Å². The Labute approximate surface area is 155 Å². The number of halogens is 1. The highest BCUT2D eigenvalue weighted by molar-refractivity contribution is 7.88. The zero-order valence-corrected chi connectivity index (χ0v) is 15.4. The van der Waals surface area contributed by atoms with Crippen LogP contribution in [0.3, 0.4) is 0 Å². The van der Waals surface area contributed by atoms with Crippen LogP contribution >= 0.6 is 0 Å². The van der Waals surface area contributed by atoms with Crippen LogP contribution in [0.4, 0.5) is 4.39 Å². The van der Waals surface area contributed by atoms with E-state index in [1.54, 1.807) is 18.2 Å². The topological polar surface area (TPSA) is 101 Å². The molecule has 0 aliphatic heterocycles. The maximum absolute atomic E-state index is 14.4. The Bertz CT molecular complexity index is 1100. The number of nitrogens with two attached hydrogens (primary N) is 1. The number of aromatic nitrogens is 1. The summed E-state index contributed by atoms with van der Waals surface area (Å²) in [6, 6.07) is 8.83. The number of ether oxygens (including phenoxy) is 3. The molecule has 142 valence electrons. The third-order valence-electron chi connectivity index (χ3n) is 3.79. The largest absolute Gasteiger partial charge is 0.493 e. The van der Waals surface area contributed by atoms with E-state index >= 15 is 0 Å². The standard InChI is InChI=1S/C18H17FN2O5S/c1-24-17-8-12-14(9-18(17)25-2)21-6-5-15(12)26-16-4-3-11(7-13(16)19)10-27(20,22)23/h3-9H,10H2,1-2H3,(H2,20,22,23). The molecule has 7 nitrogen and oxygen atoms in total. The first-order valence-electron chi connectivity index (χ1n) is 7.78. The first-order chi connectivity index (χ1) is 12.8. The van der Waals surface area contributed by atoms with Gasteiger partial charge in [0.05, 0.1) is 25.5 Å². The van der Waals surface area contributed by atoms with Crippen molar-refractivity contribution in [3.8, 4) is 23.0 Å². The van der Waals surface area contributed by atoms with E-state index in [1.165, 1.54) is 32.5 Å². The quantitative estimate of drug-likeness (QED) is 0.692. The highest BCUT2D eigenvalue weighted by Crippen LogP contribution is 2.37. The molecule has 0 aliphatic carbocycles. The summed E-state index contributed by atoms with van der Waals surface area (Å²) in [6.07, 6.45) is 1.52. The molecule has 0 amide bonds. The summed E-state index contributed by atoms with van der Waals surface area (Å²) >= 11 is 0. The Morgan fingerprint density at radius 2 is 1.70 bits per heavy atom. The Morgan fingerprint density at radius 1 is 1.00 bits per heavy atom. The van der Waals surface area contributed by atoms with E-state index in [9.17, 15) is 12.8 Å². The predicted octanol–water partition coefficient (Wildman–Crippen LogP) is 2.97. The van der Waals surface area contributed by atoms with Gasteiger partial charge in [-0.25, -0.2) is 17.9 Å². The molecule has 0 saturated carbocycles. The molecule has 3 rings (SSSR count). The van der Waals surface area contributed by atoms with Gasteiger partial charge in [0.25, 0.3) is 0 Å². The zero-order valence-electron chi connectivity index (χ0n) is 14.6. The number of sulfonamides is 1. The summed E-state index contributed by atoms with van der Waals surface area (Å²) in [5.41, 5.74) is 0.810. The molecule has 0 unspecified atom stereocenters. The van der Waals surface area contributed by atoms with Gasteiger partial charge in [-0.05, 0) is 29.8 Å². The molecule has 27 heavy (non-hydrogen) atoms. The lowest BCUT2D eigenvalue weighted by molar-refractivity contribution is 0.355. The molecule has 0 atom stereocenters. The number of hydrogen-bond donors (Lipinski definition) is 1. The van der Waals surface area contributed by atoms with E-state index in [-0.39, 0.29) is 11.3 Å². The number of primary sulfonamides is 1. The number of pyridine rings is 1. The molecule has 2 aromatic carbocycles. The van der Waals surface area contributed by atoms with Crippen molar-refractivity contribution in [2.24, 2.45) is 5.14 Å². The number of methoxy groups -OCH3 is 2. The second-order valence-corrected chi connectivity index (χ2v) is 7.32. The van der Waals surface area contributed by atoms with Gasteiger partial charge in [0, 0.05) is 17.6 Å². The van der Waals surface area contributed by atoms with Crippen LogP contribution in [0.5, 0.6) is 23.0 Å². The minimum absolute atomic E-state index is 0.0598. The average molecular weight is 392 g/mol. The molecule has 1 heterocycles. The summed E-state index contributed by atoms with van der Waals surface area (Å²) in [7, 11) is -0.730. The van der Waals surface area contributed by atoms with E-state index in [0.717, 1.165) is 6.07 Å². The molecule has 0 saturated heterocycles. The molecule has 0 spiro atoms. The average Bonchev–Trinajstić information content (AvgIpc) is 2.61. The summed E-state index contributed by atoms with van der Waals surface area (Å²) < 4.78 is 52.9. The van der Waals surface area contributed by atoms with Gasteiger partial charge in [-0.1, -0.05) is 6.07 Å². The van der Waals surface area contributed by atoms with Gasteiger partial charge in [0.2, 0.25) is 10.0 Å². The number of nitrogens with zero attached hydrogens (tertiary/aromatic N) is 1. The van der Waals surface area contributed by atoms with E-state index in [4.69, 9.17) is 19.3 Å². The van der Waals surface area contributed by atoms with Crippen molar-refractivity contribution in [2.45, 2.75) is 5.75 Å². The monoisotopic (exact) mass is 392 g/mol. The normalized spacial score (nSPS) is 11.4. The van der Waals surface area contributed by atoms with Crippen LogP contribution in [-0.2, 0) is 15.8 Å². The van der Waals surface area contributed by atoms with Gasteiger partial charge in [-0.15, -0.1) is 0 Å². The molecular formula is C18H17FN2O5S. The molecule has 0 fully saturated rings. The van der Waals surface area contributed by atoms with Crippen LogP contribution in [0.15, 0.2) is 42.6 Å². The van der Waals surface area contributed by atoms with Crippen molar-refractivity contribution < 1.29 is 27.0 Å². The predicted molar refractivity (Wildman–Crippen MR) is 98.1 cm³/mol. The highest BCUT2D eigenvalue weighted by Gasteiger charge is 2.14. The lowest BCUT2D eigenvalue weighted by Gasteiger charge is -2.13. The van der Waals surface area contributed by atoms with Gasteiger partial charge in [-0.3, -0.25) is 4.98 Å². The fourth-order valence-electron chi connectivity index (χ4n) is 2.60. The fraction of sp³-hybridized carbons (Fsp3) is 0.167. The second kappa shape index (κ2) is 7.37. The summed E-state index contributed by atoms with van der Waals surface area (Å²) in [4.78, 5) is 4.25. The highest BCUT2D eigenvalue weighted by atomic mass is 32.2. The molecular weight excluding hydrogens is 375 g/mol. The molecule has 1 aromatic heterocycles. The van der Waals surface area contributed by atoms with Crippen LogP contribution in [0.2, 0.25) is 0 Å². The number of rotatable bonds is 6. The van der Waals surface area contributed by atoms with Crippen molar-refractivity contribution >= 4 is 20.9 Å². The molecule has 3 aromatic rings. The van der Waals surface area contributed by atoms with E-state index in [2.05, 4.69) is 4.98 Å². The third-order valence-corrected chi connectivity index (χ3v) is 4.53. The number of hydrogen-bond acceptors (Lipinski definition) is 6. The van der Waals surface area contributed by atoms with Crippen LogP contribution < -0.4 is 19.3 Å². The number of fused-ring (bicyclic) bond motifs is 1. The van der Waals surface area contributed by atoms with Gasteiger partial charge in [0.1, 0.15) is 5.75 Å². The Kier molecular flexibility index (Phi) is 5.15. The lowest BCUT2D eigenvalue weighted by Crippen LogP contribution is -2.14. The maximum Gasteiger partial charge on any atom is 0.213 e. The molecule has 2 N–H and O–H groups in total. The van der Waals surface area contributed by atoms with Crippen molar-refractivity contribution in [2.75, 3.05) is 14.2 Å². The van der Waals surface area contributed by atoms with Crippen LogP contribution in [-0.4, -0.2) is 27.6 Å². The van der Waals surface area contributed by atoms with E-state index in [0.29, 0.717) is 28.2 Å². The molecule has 0 radical (unpaired) electrons. The third kappa shape index (κ3) is 4.26. The Hall–Kier alpha value is -2.91. The summed E-state index contributed by atoms with van der Waals surface area (Å²) in [5.74, 6) is 0.121. The lowest BCUT2D eigenvalue weighted by atomic mass is 10.1. The van der Waals surface area contributed by atoms with Crippen molar-refractivity contribution in [1.29, 1.82) is 0 Å². The minimum Gasteiger partial charge on any atom is -0.493 e. The van der Waals surface area contributed by atoms with Gasteiger partial charge >= 0.3 is 0 Å².